The highest BCUT2D eigenvalue weighted by Gasteiger charge is 2.16. The van der Waals surface area contributed by atoms with Gasteiger partial charge < -0.3 is 5.73 Å². The summed E-state index contributed by atoms with van der Waals surface area (Å²) in [7, 11) is 0. The van der Waals surface area contributed by atoms with E-state index in [2.05, 4.69) is 36.4 Å². The molecule has 1 nitrogen and oxygen atoms in total. The quantitative estimate of drug-likeness (QED) is 0.689. The molecule has 1 heteroatoms. The number of benzene rings is 2. The number of nitrogens with two attached hydrogens (primary N) is 1. The smallest absolute Gasteiger partial charge is 0.0297 e. The second kappa shape index (κ2) is 3.35. The predicted octanol–water partition coefficient (Wildman–Crippen LogP) is 3.18. The third kappa shape index (κ3) is 1.44. The van der Waals surface area contributed by atoms with Crippen LogP contribution in [-0.4, -0.2) is 0 Å². The Morgan fingerprint density at radius 2 is 1.80 bits per heavy atom. The van der Waals surface area contributed by atoms with E-state index in [0.717, 1.165) is 6.42 Å². The standard InChI is InChI=1S/C14H15N/c15-14-7-3-6-12-8-10-4-1-2-5-11(10)9-13(12)14/h1-2,4-5,8-9,14H,3,6-7,15H2. The molecule has 0 saturated heterocycles. The van der Waals surface area contributed by atoms with Crippen molar-refractivity contribution in [2.75, 3.05) is 0 Å². The summed E-state index contributed by atoms with van der Waals surface area (Å²) in [4.78, 5) is 0. The molecule has 76 valence electrons. The van der Waals surface area contributed by atoms with Crippen LogP contribution in [0.2, 0.25) is 0 Å². The van der Waals surface area contributed by atoms with Gasteiger partial charge in [0.2, 0.25) is 0 Å². The van der Waals surface area contributed by atoms with Gasteiger partial charge in [-0.15, -0.1) is 0 Å². The summed E-state index contributed by atoms with van der Waals surface area (Å²) in [6.45, 7) is 0. The number of hydrogen-bond donors (Lipinski definition) is 1. The summed E-state index contributed by atoms with van der Waals surface area (Å²) in [5.41, 5.74) is 8.95. The van der Waals surface area contributed by atoms with Crippen LogP contribution in [-0.2, 0) is 6.42 Å². The zero-order valence-corrected chi connectivity index (χ0v) is 8.74. The number of fused-ring (bicyclic) bond motifs is 2. The zero-order valence-electron chi connectivity index (χ0n) is 8.74. The first-order chi connectivity index (χ1) is 7.34. The molecule has 0 heterocycles. The molecule has 2 aromatic rings. The van der Waals surface area contributed by atoms with Crippen molar-refractivity contribution in [2.24, 2.45) is 5.73 Å². The molecular formula is C14H15N. The maximum atomic E-state index is 6.14. The SMILES string of the molecule is NC1CCCc2cc3ccccc3cc21. The van der Waals surface area contributed by atoms with E-state index in [0.29, 0.717) is 0 Å². The van der Waals surface area contributed by atoms with Crippen LogP contribution in [0, 0.1) is 0 Å². The van der Waals surface area contributed by atoms with Crippen LogP contribution < -0.4 is 5.73 Å². The fraction of sp³-hybridized carbons (Fsp3) is 0.286. The van der Waals surface area contributed by atoms with Gasteiger partial charge in [-0.1, -0.05) is 30.3 Å². The maximum absolute atomic E-state index is 6.14. The van der Waals surface area contributed by atoms with Crippen LogP contribution in [0.25, 0.3) is 10.8 Å². The van der Waals surface area contributed by atoms with Gasteiger partial charge in [0.15, 0.2) is 0 Å². The molecule has 0 spiro atoms. The lowest BCUT2D eigenvalue weighted by molar-refractivity contribution is 0.571. The minimum absolute atomic E-state index is 0.248. The van der Waals surface area contributed by atoms with Crippen molar-refractivity contribution in [3.05, 3.63) is 47.5 Å². The first-order valence-corrected chi connectivity index (χ1v) is 5.62. The number of hydrogen-bond acceptors (Lipinski definition) is 1. The molecule has 0 bridgehead atoms. The average molecular weight is 197 g/mol. The fourth-order valence-electron chi connectivity index (χ4n) is 2.53. The van der Waals surface area contributed by atoms with E-state index in [1.54, 1.807) is 0 Å². The fourth-order valence-corrected chi connectivity index (χ4v) is 2.53. The number of aryl methyl sites for hydroxylation is 1. The van der Waals surface area contributed by atoms with E-state index in [4.69, 9.17) is 5.73 Å². The molecule has 2 N–H and O–H groups in total. The Hall–Kier alpha value is -1.34. The van der Waals surface area contributed by atoms with Gasteiger partial charge in [-0.25, -0.2) is 0 Å². The van der Waals surface area contributed by atoms with E-state index in [9.17, 15) is 0 Å². The third-order valence-corrected chi connectivity index (χ3v) is 3.37. The molecule has 0 amide bonds. The van der Waals surface area contributed by atoms with Gasteiger partial charge in [0.1, 0.15) is 0 Å². The van der Waals surface area contributed by atoms with Gasteiger partial charge in [0.05, 0.1) is 0 Å². The van der Waals surface area contributed by atoms with Crippen LogP contribution in [0.4, 0.5) is 0 Å². The highest BCUT2D eigenvalue weighted by molar-refractivity contribution is 5.84. The van der Waals surface area contributed by atoms with Gasteiger partial charge in [0, 0.05) is 6.04 Å². The Labute approximate surface area is 89.9 Å². The van der Waals surface area contributed by atoms with E-state index in [1.807, 2.05) is 0 Å². The van der Waals surface area contributed by atoms with Gasteiger partial charge in [-0.3, -0.25) is 0 Å². The van der Waals surface area contributed by atoms with Crippen LogP contribution in [0.1, 0.15) is 30.0 Å². The largest absolute Gasteiger partial charge is 0.324 e. The normalized spacial score (nSPS) is 20.2. The predicted molar refractivity (Wildman–Crippen MR) is 63.8 cm³/mol. The maximum Gasteiger partial charge on any atom is 0.0297 e. The van der Waals surface area contributed by atoms with Crippen LogP contribution >= 0.6 is 0 Å². The number of rotatable bonds is 0. The van der Waals surface area contributed by atoms with Crippen molar-refractivity contribution < 1.29 is 0 Å². The molecule has 2 aromatic carbocycles. The molecule has 1 atom stereocenters. The molecule has 3 rings (SSSR count). The minimum atomic E-state index is 0.248. The Kier molecular flexibility index (Phi) is 2.00. The average Bonchev–Trinajstić information content (AvgIpc) is 2.27. The van der Waals surface area contributed by atoms with Crippen LogP contribution in [0.5, 0.6) is 0 Å². The van der Waals surface area contributed by atoms with E-state index in [-0.39, 0.29) is 6.04 Å². The zero-order chi connectivity index (χ0) is 10.3. The molecule has 1 unspecified atom stereocenters. The first-order valence-electron chi connectivity index (χ1n) is 5.62. The van der Waals surface area contributed by atoms with Crippen molar-refractivity contribution in [3.8, 4) is 0 Å². The highest BCUT2D eigenvalue weighted by Crippen LogP contribution is 2.31. The Bertz CT molecular complexity index is 502. The van der Waals surface area contributed by atoms with E-state index < -0.39 is 0 Å². The van der Waals surface area contributed by atoms with Gasteiger partial charge in [-0.2, -0.15) is 0 Å². The van der Waals surface area contributed by atoms with Gasteiger partial charge >= 0.3 is 0 Å². The second-order valence-corrected chi connectivity index (χ2v) is 4.40. The molecule has 0 aliphatic heterocycles. The van der Waals surface area contributed by atoms with Gasteiger partial charge in [-0.05, 0) is 47.2 Å². The summed E-state index contributed by atoms with van der Waals surface area (Å²) < 4.78 is 0. The van der Waals surface area contributed by atoms with E-state index in [1.165, 1.54) is 34.7 Å². The molecule has 15 heavy (non-hydrogen) atoms. The molecule has 0 aromatic heterocycles. The Morgan fingerprint density at radius 1 is 1.07 bits per heavy atom. The van der Waals surface area contributed by atoms with Crippen molar-refractivity contribution >= 4 is 10.8 Å². The third-order valence-electron chi connectivity index (χ3n) is 3.37. The molecular weight excluding hydrogens is 182 g/mol. The summed E-state index contributed by atoms with van der Waals surface area (Å²) in [5.74, 6) is 0. The second-order valence-electron chi connectivity index (χ2n) is 4.40. The van der Waals surface area contributed by atoms with Crippen molar-refractivity contribution in [3.63, 3.8) is 0 Å². The monoisotopic (exact) mass is 197 g/mol. The lowest BCUT2D eigenvalue weighted by Gasteiger charge is -2.22. The summed E-state index contributed by atoms with van der Waals surface area (Å²) >= 11 is 0. The topological polar surface area (TPSA) is 26.0 Å². The molecule has 0 saturated carbocycles. The van der Waals surface area contributed by atoms with Crippen molar-refractivity contribution in [1.29, 1.82) is 0 Å². The van der Waals surface area contributed by atoms with E-state index >= 15 is 0 Å². The summed E-state index contributed by atoms with van der Waals surface area (Å²) in [6, 6.07) is 13.4. The van der Waals surface area contributed by atoms with Crippen LogP contribution in [0.3, 0.4) is 0 Å². The Balaban J connectivity index is 2.27. The molecule has 0 radical (unpaired) electrons. The lowest BCUT2D eigenvalue weighted by Crippen LogP contribution is -2.17. The highest BCUT2D eigenvalue weighted by atomic mass is 14.6. The van der Waals surface area contributed by atoms with Crippen LogP contribution in [0.15, 0.2) is 36.4 Å². The van der Waals surface area contributed by atoms with Gasteiger partial charge in [0.25, 0.3) is 0 Å². The summed E-state index contributed by atoms with van der Waals surface area (Å²) in [5, 5.41) is 2.65. The van der Waals surface area contributed by atoms with Crippen molar-refractivity contribution in [2.45, 2.75) is 25.3 Å². The molecule has 1 aliphatic carbocycles. The lowest BCUT2D eigenvalue weighted by atomic mass is 9.86. The summed E-state index contributed by atoms with van der Waals surface area (Å²) in [6.07, 6.45) is 3.55. The Morgan fingerprint density at radius 3 is 2.60 bits per heavy atom. The minimum Gasteiger partial charge on any atom is -0.324 e. The molecule has 0 fully saturated rings. The molecule has 1 aliphatic rings. The van der Waals surface area contributed by atoms with Crippen molar-refractivity contribution in [1.82, 2.24) is 0 Å². The first kappa shape index (κ1) is 8.93.